The fourth-order valence-corrected chi connectivity index (χ4v) is 3.55. The van der Waals surface area contributed by atoms with E-state index in [0.717, 1.165) is 13.1 Å². The van der Waals surface area contributed by atoms with Crippen molar-refractivity contribution in [1.29, 1.82) is 0 Å². The molecule has 1 saturated heterocycles. The SMILES string of the molecule is OC(CN1CCCC1c1ccsc1)Cn1cccn1. The van der Waals surface area contributed by atoms with Crippen molar-refractivity contribution < 1.29 is 5.11 Å². The van der Waals surface area contributed by atoms with E-state index in [2.05, 4.69) is 26.8 Å². The largest absolute Gasteiger partial charge is 0.390 e. The molecular formula is C14H19N3OS. The molecule has 102 valence electrons. The summed E-state index contributed by atoms with van der Waals surface area (Å²) >= 11 is 1.75. The summed E-state index contributed by atoms with van der Waals surface area (Å²) in [4.78, 5) is 2.40. The highest BCUT2D eigenvalue weighted by molar-refractivity contribution is 7.07. The molecule has 0 aliphatic carbocycles. The molecule has 3 heterocycles. The Kier molecular flexibility index (Phi) is 3.96. The lowest BCUT2D eigenvalue weighted by atomic mass is 10.1. The fourth-order valence-electron chi connectivity index (χ4n) is 2.84. The Bertz CT molecular complexity index is 483. The van der Waals surface area contributed by atoms with E-state index in [9.17, 15) is 5.11 Å². The summed E-state index contributed by atoms with van der Waals surface area (Å²) in [5, 5.41) is 18.7. The highest BCUT2D eigenvalue weighted by atomic mass is 32.1. The molecule has 2 aromatic rings. The van der Waals surface area contributed by atoms with E-state index in [-0.39, 0.29) is 6.10 Å². The zero-order valence-corrected chi connectivity index (χ0v) is 11.7. The Morgan fingerprint density at radius 3 is 3.16 bits per heavy atom. The molecule has 2 aromatic heterocycles. The van der Waals surface area contributed by atoms with Crippen LogP contribution in [-0.2, 0) is 6.54 Å². The third-order valence-corrected chi connectivity index (χ3v) is 4.40. The Labute approximate surface area is 117 Å². The van der Waals surface area contributed by atoms with Crippen LogP contribution in [0.15, 0.2) is 35.3 Å². The monoisotopic (exact) mass is 277 g/mol. The van der Waals surface area contributed by atoms with Gasteiger partial charge in [-0.3, -0.25) is 9.58 Å². The lowest BCUT2D eigenvalue weighted by Gasteiger charge is -2.26. The predicted octanol–water partition coefficient (Wildman–Crippen LogP) is 2.14. The average Bonchev–Trinajstić information content (AvgIpc) is 3.09. The minimum absolute atomic E-state index is 0.362. The summed E-state index contributed by atoms with van der Waals surface area (Å²) in [5.74, 6) is 0. The van der Waals surface area contributed by atoms with Crippen molar-refractivity contribution in [3.05, 3.63) is 40.8 Å². The van der Waals surface area contributed by atoms with Crippen LogP contribution in [0, 0.1) is 0 Å². The molecule has 3 rings (SSSR count). The molecule has 0 spiro atoms. The number of hydrogen-bond donors (Lipinski definition) is 1. The molecule has 1 N–H and O–H groups in total. The smallest absolute Gasteiger partial charge is 0.0862 e. The first-order valence-corrected chi connectivity index (χ1v) is 7.69. The summed E-state index contributed by atoms with van der Waals surface area (Å²) in [6.07, 6.45) is 5.69. The van der Waals surface area contributed by atoms with E-state index in [4.69, 9.17) is 0 Å². The lowest BCUT2D eigenvalue weighted by Crippen LogP contribution is -2.34. The molecule has 1 aliphatic rings. The summed E-state index contributed by atoms with van der Waals surface area (Å²) in [5.41, 5.74) is 1.40. The number of aromatic nitrogens is 2. The molecule has 2 atom stereocenters. The van der Waals surface area contributed by atoms with Crippen LogP contribution in [0.25, 0.3) is 0 Å². The third kappa shape index (κ3) is 3.05. The standard InChI is InChI=1S/C14H19N3OS/c18-13(10-17-7-2-5-15-17)9-16-6-1-3-14(16)12-4-8-19-11-12/h2,4-5,7-8,11,13-14,18H,1,3,6,9-10H2. The fraction of sp³-hybridized carbons (Fsp3) is 0.500. The number of hydrogen-bond acceptors (Lipinski definition) is 4. The quantitative estimate of drug-likeness (QED) is 0.910. The van der Waals surface area contributed by atoms with Gasteiger partial charge >= 0.3 is 0 Å². The van der Waals surface area contributed by atoms with Crippen molar-refractivity contribution in [2.75, 3.05) is 13.1 Å². The van der Waals surface area contributed by atoms with E-state index in [1.807, 2.05) is 12.3 Å². The van der Waals surface area contributed by atoms with Gasteiger partial charge in [0.05, 0.1) is 12.6 Å². The van der Waals surface area contributed by atoms with Crippen LogP contribution in [0.2, 0.25) is 0 Å². The number of aliphatic hydroxyl groups is 1. The van der Waals surface area contributed by atoms with Gasteiger partial charge in [0.2, 0.25) is 0 Å². The van der Waals surface area contributed by atoms with Crippen LogP contribution in [0.3, 0.4) is 0 Å². The number of likely N-dealkylation sites (tertiary alicyclic amines) is 1. The van der Waals surface area contributed by atoms with Crippen LogP contribution in [-0.4, -0.2) is 39.0 Å². The first kappa shape index (κ1) is 12.8. The maximum absolute atomic E-state index is 10.2. The normalized spacial score (nSPS) is 21.8. The van der Waals surface area contributed by atoms with Gasteiger partial charge in [-0.25, -0.2) is 0 Å². The van der Waals surface area contributed by atoms with Gasteiger partial charge in [0, 0.05) is 25.0 Å². The van der Waals surface area contributed by atoms with E-state index in [1.165, 1.54) is 18.4 Å². The van der Waals surface area contributed by atoms with Crippen molar-refractivity contribution in [2.24, 2.45) is 0 Å². The highest BCUT2D eigenvalue weighted by Gasteiger charge is 2.27. The van der Waals surface area contributed by atoms with E-state index in [1.54, 1.807) is 22.2 Å². The van der Waals surface area contributed by atoms with Crippen LogP contribution < -0.4 is 0 Å². The summed E-state index contributed by atoms with van der Waals surface area (Å²) < 4.78 is 1.79. The second-order valence-electron chi connectivity index (χ2n) is 5.09. The van der Waals surface area contributed by atoms with Gasteiger partial charge in [-0.2, -0.15) is 16.4 Å². The maximum Gasteiger partial charge on any atom is 0.0862 e. The molecular weight excluding hydrogens is 258 g/mol. The molecule has 0 bridgehead atoms. The molecule has 2 unspecified atom stereocenters. The van der Waals surface area contributed by atoms with Gasteiger partial charge in [-0.15, -0.1) is 0 Å². The summed E-state index contributed by atoms with van der Waals surface area (Å²) in [6.45, 7) is 2.37. The molecule has 1 fully saturated rings. The Morgan fingerprint density at radius 2 is 2.42 bits per heavy atom. The first-order valence-electron chi connectivity index (χ1n) is 6.74. The second-order valence-corrected chi connectivity index (χ2v) is 5.87. The molecule has 1 aliphatic heterocycles. The third-order valence-electron chi connectivity index (χ3n) is 3.69. The second kappa shape index (κ2) is 5.86. The van der Waals surface area contributed by atoms with Gasteiger partial charge in [0.1, 0.15) is 0 Å². The van der Waals surface area contributed by atoms with Gasteiger partial charge in [-0.1, -0.05) is 0 Å². The number of aliphatic hydroxyl groups excluding tert-OH is 1. The highest BCUT2D eigenvalue weighted by Crippen LogP contribution is 2.32. The predicted molar refractivity (Wildman–Crippen MR) is 76.1 cm³/mol. The Morgan fingerprint density at radius 1 is 1.47 bits per heavy atom. The van der Waals surface area contributed by atoms with Crippen molar-refractivity contribution in [2.45, 2.75) is 31.5 Å². The van der Waals surface area contributed by atoms with Crippen LogP contribution in [0.5, 0.6) is 0 Å². The first-order chi connectivity index (χ1) is 9.33. The van der Waals surface area contributed by atoms with E-state index >= 15 is 0 Å². The summed E-state index contributed by atoms with van der Waals surface area (Å²) in [7, 11) is 0. The molecule has 19 heavy (non-hydrogen) atoms. The number of β-amino-alcohol motifs (C(OH)–C–C–N with tert-alkyl or cyclic N) is 1. The van der Waals surface area contributed by atoms with E-state index < -0.39 is 0 Å². The molecule has 0 amide bonds. The van der Waals surface area contributed by atoms with Gasteiger partial charge < -0.3 is 5.11 Å². The van der Waals surface area contributed by atoms with E-state index in [0.29, 0.717) is 12.6 Å². The Hall–Kier alpha value is -1.17. The molecule has 0 saturated carbocycles. The minimum Gasteiger partial charge on any atom is -0.390 e. The topological polar surface area (TPSA) is 41.3 Å². The maximum atomic E-state index is 10.2. The number of thiophene rings is 1. The van der Waals surface area contributed by atoms with Crippen molar-refractivity contribution in [3.8, 4) is 0 Å². The summed E-state index contributed by atoms with van der Waals surface area (Å²) in [6, 6.07) is 4.57. The Balaban J connectivity index is 1.59. The zero-order valence-electron chi connectivity index (χ0n) is 10.9. The van der Waals surface area contributed by atoms with Crippen molar-refractivity contribution >= 4 is 11.3 Å². The van der Waals surface area contributed by atoms with Gasteiger partial charge in [-0.05, 0) is 47.8 Å². The number of rotatable bonds is 5. The molecule has 4 nitrogen and oxygen atoms in total. The van der Waals surface area contributed by atoms with Crippen LogP contribution >= 0.6 is 11.3 Å². The minimum atomic E-state index is -0.362. The lowest BCUT2D eigenvalue weighted by molar-refractivity contribution is 0.0891. The van der Waals surface area contributed by atoms with Crippen molar-refractivity contribution in [1.82, 2.24) is 14.7 Å². The van der Waals surface area contributed by atoms with Crippen LogP contribution in [0.1, 0.15) is 24.4 Å². The van der Waals surface area contributed by atoms with Gasteiger partial charge in [0.25, 0.3) is 0 Å². The molecule has 5 heteroatoms. The molecule has 0 aromatic carbocycles. The van der Waals surface area contributed by atoms with Gasteiger partial charge in [0.15, 0.2) is 0 Å². The van der Waals surface area contributed by atoms with Crippen molar-refractivity contribution in [3.63, 3.8) is 0 Å². The number of nitrogens with zero attached hydrogens (tertiary/aromatic N) is 3. The molecule has 0 radical (unpaired) electrons. The average molecular weight is 277 g/mol. The van der Waals surface area contributed by atoms with Crippen LogP contribution in [0.4, 0.5) is 0 Å². The zero-order chi connectivity index (χ0) is 13.1.